The zero-order chi connectivity index (χ0) is 15.3. The van der Waals surface area contributed by atoms with Gasteiger partial charge < -0.3 is 10.1 Å². The predicted octanol–water partition coefficient (Wildman–Crippen LogP) is 4.02. The second kappa shape index (κ2) is 6.91. The molecule has 0 amide bonds. The molecule has 114 valence electrons. The van der Waals surface area contributed by atoms with Crippen molar-refractivity contribution in [3.05, 3.63) is 11.9 Å². The van der Waals surface area contributed by atoms with Gasteiger partial charge in [0.2, 0.25) is 5.88 Å². The van der Waals surface area contributed by atoms with E-state index in [1.54, 1.807) is 0 Å². The van der Waals surface area contributed by atoms with Crippen LogP contribution in [0, 0.1) is 5.92 Å². The Morgan fingerprint density at radius 1 is 1.20 bits per heavy atom. The lowest BCUT2D eigenvalue weighted by Crippen LogP contribution is -2.20. The normalized spacial score (nSPS) is 13.4. The number of nitrogens with zero attached hydrogens (tertiary/aromatic N) is 2. The van der Waals surface area contributed by atoms with Gasteiger partial charge in [-0.2, -0.15) is 4.98 Å². The van der Waals surface area contributed by atoms with Crippen LogP contribution in [0.1, 0.15) is 60.7 Å². The molecule has 0 aliphatic heterocycles. The summed E-state index contributed by atoms with van der Waals surface area (Å²) in [6, 6.07) is 1.88. The summed E-state index contributed by atoms with van der Waals surface area (Å²) in [5, 5.41) is 3.24. The fourth-order valence-electron chi connectivity index (χ4n) is 2.01. The molecule has 0 aromatic carbocycles. The Balaban J connectivity index is 2.97. The van der Waals surface area contributed by atoms with Crippen molar-refractivity contribution >= 4 is 5.82 Å². The van der Waals surface area contributed by atoms with Gasteiger partial charge in [-0.1, -0.05) is 34.6 Å². The van der Waals surface area contributed by atoms with Gasteiger partial charge in [-0.15, -0.1) is 0 Å². The highest BCUT2D eigenvalue weighted by Crippen LogP contribution is 2.24. The Labute approximate surface area is 123 Å². The summed E-state index contributed by atoms with van der Waals surface area (Å²) in [6.45, 7) is 15.7. The lowest BCUT2D eigenvalue weighted by molar-refractivity contribution is 0.184. The van der Waals surface area contributed by atoms with E-state index >= 15 is 0 Å². The van der Waals surface area contributed by atoms with Gasteiger partial charge in [0, 0.05) is 18.0 Å². The van der Waals surface area contributed by atoms with Crippen molar-refractivity contribution in [3.63, 3.8) is 0 Å². The first kappa shape index (κ1) is 16.7. The van der Waals surface area contributed by atoms with Crippen molar-refractivity contribution in [1.82, 2.24) is 9.97 Å². The van der Waals surface area contributed by atoms with Crippen LogP contribution in [0.15, 0.2) is 6.07 Å². The minimum absolute atomic E-state index is 0.0924. The maximum Gasteiger partial charge on any atom is 0.219 e. The minimum atomic E-state index is -0.0924. The lowest BCUT2D eigenvalue weighted by Gasteiger charge is -2.21. The molecule has 1 rings (SSSR count). The summed E-state index contributed by atoms with van der Waals surface area (Å²) in [6.07, 6.45) is 1.18. The van der Waals surface area contributed by atoms with Crippen LogP contribution in [0.2, 0.25) is 0 Å². The first-order valence-electron chi connectivity index (χ1n) is 7.52. The molecule has 0 aliphatic carbocycles. The number of hydrogen-bond acceptors (Lipinski definition) is 4. The van der Waals surface area contributed by atoms with E-state index < -0.39 is 0 Å². The number of aromatic nitrogens is 2. The largest absolute Gasteiger partial charge is 0.474 e. The third kappa shape index (κ3) is 5.35. The van der Waals surface area contributed by atoms with E-state index in [0.717, 1.165) is 24.6 Å². The van der Waals surface area contributed by atoms with Crippen LogP contribution in [0.3, 0.4) is 0 Å². The van der Waals surface area contributed by atoms with Crippen LogP contribution < -0.4 is 10.1 Å². The number of rotatable bonds is 6. The van der Waals surface area contributed by atoms with Gasteiger partial charge in [0.15, 0.2) is 0 Å². The summed E-state index contributed by atoms with van der Waals surface area (Å²) < 4.78 is 5.96. The van der Waals surface area contributed by atoms with E-state index in [4.69, 9.17) is 4.74 Å². The third-order valence-corrected chi connectivity index (χ3v) is 2.86. The molecule has 4 heteroatoms. The Morgan fingerprint density at radius 3 is 2.35 bits per heavy atom. The molecule has 0 radical (unpaired) electrons. The highest BCUT2D eigenvalue weighted by molar-refractivity contribution is 5.39. The Hall–Kier alpha value is -1.32. The quantitative estimate of drug-likeness (QED) is 0.854. The Kier molecular flexibility index (Phi) is 5.78. The summed E-state index contributed by atoms with van der Waals surface area (Å²) in [5.41, 5.74) is -0.0924. The molecule has 1 aromatic rings. The number of anilines is 1. The molecular weight excluding hydrogens is 250 g/mol. The summed E-state index contributed by atoms with van der Waals surface area (Å²) in [4.78, 5) is 9.12. The Bertz CT molecular complexity index is 424. The summed E-state index contributed by atoms with van der Waals surface area (Å²) in [7, 11) is 0. The molecule has 0 saturated heterocycles. The summed E-state index contributed by atoms with van der Waals surface area (Å²) in [5.74, 6) is 2.91. The molecule has 1 N–H and O–H groups in total. The number of hydrogen-bond donors (Lipinski definition) is 1. The van der Waals surface area contributed by atoms with E-state index in [0.29, 0.717) is 11.8 Å². The average molecular weight is 279 g/mol. The lowest BCUT2D eigenvalue weighted by atomic mass is 9.96. The molecule has 1 atom stereocenters. The molecule has 0 bridgehead atoms. The van der Waals surface area contributed by atoms with Gasteiger partial charge in [0.25, 0.3) is 0 Å². The van der Waals surface area contributed by atoms with Gasteiger partial charge in [-0.25, -0.2) is 4.98 Å². The van der Waals surface area contributed by atoms with Crippen LogP contribution in [0.5, 0.6) is 5.88 Å². The van der Waals surface area contributed by atoms with Gasteiger partial charge in [0.1, 0.15) is 11.6 Å². The molecule has 0 aliphatic rings. The SMILES string of the molecule is CCNc1cc(OC(C)CC(C)C)nc(C(C)(C)C)n1. The standard InChI is InChI=1S/C16H29N3O/c1-8-17-13-10-14(20-12(4)9-11(2)3)19-15(18-13)16(5,6)7/h10-12H,8-9H2,1-7H3,(H,17,18,19). The first-order valence-corrected chi connectivity index (χ1v) is 7.52. The number of nitrogens with one attached hydrogen (secondary N) is 1. The molecule has 20 heavy (non-hydrogen) atoms. The van der Waals surface area contributed by atoms with E-state index in [1.165, 1.54) is 0 Å². The van der Waals surface area contributed by atoms with Gasteiger partial charge in [-0.05, 0) is 26.2 Å². The highest BCUT2D eigenvalue weighted by atomic mass is 16.5. The van der Waals surface area contributed by atoms with Gasteiger partial charge in [0.05, 0.1) is 6.10 Å². The van der Waals surface area contributed by atoms with Gasteiger partial charge >= 0.3 is 0 Å². The minimum Gasteiger partial charge on any atom is -0.474 e. The molecule has 1 aromatic heterocycles. The Morgan fingerprint density at radius 2 is 1.85 bits per heavy atom. The first-order chi connectivity index (χ1) is 9.22. The van der Waals surface area contributed by atoms with Crippen molar-refractivity contribution in [1.29, 1.82) is 0 Å². The highest BCUT2D eigenvalue weighted by Gasteiger charge is 2.20. The van der Waals surface area contributed by atoms with Crippen molar-refractivity contribution in [2.24, 2.45) is 5.92 Å². The number of ether oxygens (including phenoxy) is 1. The smallest absolute Gasteiger partial charge is 0.219 e. The monoisotopic (exact) mass is 279 g/mol. The molecule has 0 spiro atoms. The van der Waals surface area contributed by atoms with Crippen LogP contribution >= 0.6 is 0 Å². The maximum absolute atomic E-state index is 5.96. The second-order valence-corrected chi connectivity index (χ2v) is 6.75. The predicted molar refractivity (Wildman–Crippen MR) is 84.4 cm³/mol. The van der Waals surface area contributed by atoms with Crippen molar-refractivity contribution in [2.75, 3.05) is 11.9 Å². The average Bonchev–Trinajstić information content (AvgIpc) is 2.26. The fourth-order valence-corrected chi connectivity index (χ4v) is 2.01. The van der Waals surface area contributed by atoms with Crippen LogP contribution in [-0.2, 0) is 5.41 Å². The zero-order valence-corrected chi connectivity index (χ0v) is 13.9. The molecule has 0 fully saturated rings. The molecule has 0 saturated carbocycles. The topological polar surface area (TPSA) is 47.0 Å². The van der Waals surface area contributed by atoms with Crippen molar-refractivity contribution in [2.45, 2.75) is 66.4 Å². The fraction of sp³-hybridized carbons (Fsp3) is 0.750. The summed E-state index contributed by atoms with van der Waals surface area (Å²) >= 11 is 0. The van der Waals surface area contributed by atoms with Crippen LogP contribution in [0.4, 0.5) is 5.82 Å². The van der Waals surface area contributed by atoms with Gasteiger partial charge in [-0.3, -0.25) is 0 Å². The van der Waals surface area contributed by atoms with E-state index in [9.17, 15) is 0 Å². The van der Waals surface area contributed by atoms with E-state index in [2.05, 4.69) is 63.8 Å². The van der Waals surface area contributed by atoms with E-state index in [-0.39, 0.29) is 11.5 Å². The van der Waals surface area contributed by atoms with E-state index in [1.807, 2.05) is 6.07 Å². The third-order valence-electron chi connectivity index (χ3n) is 2.86. The molecular formula is C16H29N3O. The van der Waals surface area contributed by atoms with Crippen LogP contribution in [0.25, 0.3) is 0 Å². The molecule has 1 unspecified atom stereocenters. The zero-order valence-electron chi connectivity index (χ0n) is 13.9. The van der Waals surface area contributed by atoms with Crippen molar-refractivity contribution in [3.8, 4) is 5.88 Å². The second-order valence-electron chi connectivity index (χ2n) is 6.75. The van der Waals surface area contributed by atoms with Crippen molar-refractivity contribution < 1.29 is 4.74 Å². The maximum atomic E-state index is 5.96. The molecule has 4 nitrogen and oxygen atoms in total. The van der Waals surface area contributed by atoms with Crippen LogP contribution in [-0.4, -0.2) is 22.6 Å². The molecule has 1 heterocycles.